The molecule has 4 aromatic carbocycles. The van der Waals surface area contributed by atoms with Gasteiger partial charge in [-0.3, -0.25) is 0 Å². The van der Waals surface area contributed by atoms with Gasteiger partial charge in [0.1, 0.15) is 0 Å². The van der Waals surface area contributed by atoms with Gasteiger partial charge in [0.05, 0.1) is 0 Å². The summed E-state index contributed by atoms with van der Waals surface area (Å²) in [7, 11) is 0. The summed E-state index contributed by atoms with van der Waals surface area (Å²) >= 11 is 10.5. The molecule has 0 radical (unpaired) electrons. The van der Waals surface area contributed by atoms with E-state index in [1.54, 1.807) is 0 Å². The molecule has 0 saturated carbocycles. The number of halogens is 3. The fraction of sp³-hybridized carbons (Fsp3) is 0. The molecular formula is C24H18Br3N3. The largest absolute Gasteiger partial charge is 0.355 e. The van der Waals surface area contributed by atoms with Gasteiger partial charge in [0.15, 0.2) is 0 Å². The van der Waals surface area contributed by atoms with Crippen LogP contribution in [0.1, 0.15) is 0 Å². The summed E-state index contributed by atoms with van der Waals surface area (Å²) in [6.07, 6.45) is 0. The number of nitrogens with one attached hydrogen (secondary N) is 3. The highest BCUT2D eigenvalue weighted by molar-refractivity contribution is 9.11. The van der Waals surface area contributed by atoms with Crippen molar-refractivity contribution in [3.63, 3.8) is 0 Å². The van der Waals surface area contributed by atoms with Gasteiger partial charge in [0, 0.05) is 47.5 Å². The van der Waals surface area contributed by atoms with Gasteiger partial charge >= 0.3 is 0 Å². The number of hydrogen-bond acceptors (Lipinski definition) is 3. The summed E-state index contributed by atoms with van der Waals surface area (Å²) in [6.45, 7) is 0. The third-order valence-electron chi connectivity index (χ3n) is 4.33. The van der Waals surface area contributed by atoms with Crippen molar-refractivity contribution in [2.75, 3.05) is 16.0 Å². The van der Waals surface area contributed by atoms with Crippen LogP contribution in [0.15, 0.2) is 104 Å². The fourth-order valence-electron chi connectivity index (χ4n) is 2.94. The van der Waals surface area contributed by atoms with Gasteiger partial charge in [-0.1, -0.05) is 47.8 Å². The molecule has 30 heavy (non-hydrogen) atoms. The van der Waals surface area contributed by atoms with Crippen LogP contribution < -0.4 is 16.0 Å². The Bertz CT molecular complexity index is 967. The molecule has 0 fully saturated rings. The van der Waals surface area contributed by atoms with Crippen LogP contribution >= 0.6 is 47.8 Å². The molecule has 0 unspecified atom stereocenters. The van der Waals surface area contributed by atoms with E-state index in [0.717, 1.165) is 47.5 Å². The zero-order chi connectivity index (χ0) is 20.9. The summed E-state index contributed by atoms with van der Waals surface area (Å²) in [6, 6.07) is 30.7. The molecule has 0 aliphatic heterocycles. The molecule has 4 aromatic rings. The van der Waals surface area contributed by atoms with Crippen molar-refractivity contribution in [1.82, 2.24) is 0 Å². The fourth-order valence-corrected chi connectivity index (χ4v) is 3.74. The van der Waals surface area contributed by atoms with Gasteiger partial charge in [-0.25, -0.2) is 0 Å². The molecular weight excluding hydrogens is 570 g/mol. The monoisotopic (exact) mass is 585 g/mol. The molecule has 0 amide bonds. The second kappa shape index (κ2) is 9.69. The van der Waals surface area contributed by atoms with Crippen molar-refractivity contribution in [1.29, 1.82) is 0 Å². The summed E-state index contributed by atoms with van der Waals surface area (Å²) in [4.78, 5) is 0. The lowest BCUT2D eigenvalue weighted by molar-refractivity contribution is 1.48. The first-order chi connectivity index (χ1) is 14.5. The van der Waals surface area contributed by atoms with E-state index in [2.05, 4.69) is 81.9 Å². The van der Waals surface area contributed by atoms with Crippen LogP contribution in [-0.4, -0.2) is 0 Å². The average molecular weight is 588 g/mol. The Morgan fingerprint density at radius 2 is 0.567 bits per heavy atom. The first-order valence-electron chi connectivity index (χ1n) is 9.26. The van der Waals surface area contributed by atoms with Crippen LogP contribution in [0.5, 0.6) is 0 Å². The molecule has 3 nitrogen and oxygen atoms in total. The highest BCUT2D eigenvalue weighted by Gasteiger charge is 2.05. The van der Waals surface area contributed by atoms with E-state index < -0.39 is 0 Å². The maximum absolute atomic E-state index is 3.49. The van der Waals surface area contributed by atoms with E-state index in [1.165, 1.54) is 0 Å². The number of hydrogen-bond donors (Lipinski definition) is 3. The van der Waals surface area contributed by atoms with Gasteiger partial charge in [-0.05, 0) is 91.0 Å². The van der Waals surface area contributed by atoms with Gasteiger partial charge < -0.3 is 16.0 Å². The molecule has 0 atom stereocenters. The van der Waals surface area contributed by atoms with Crippen molar-refractivity contribution >= 4 is 81.9 Å². The molecule has 0 aromatic heterocycles. The SMILES string of the molecule is Brc1ccc(Nc2cc(Nc3ccc(Br)cc3)cc(Nc3ccc(Br)cc3)c2)cc1. The summed E-state index contributed by atoms with van der Waals surface area (Å²) < 4.78 is 3.16. The molecule has 0 bridgehead atoms. The van der Waals surface area contributed by atoms with E-state index in [0.29, 0.717) is 0 Å². The molecule has 3 N–H and O–H groups in total. The highest BCUT2D eigenvalue weighted by Crippen LogP contribution is 2.30. The Morgan fingerprint density at radius 3 is 0.800 bits per heavy atom. The van der Waals surface area contributed by atoms with Crippen LogP contribution in [-0.2, 0) is 0 Å². The first kappa shape index (κ1) is 21.0. The van der Waals surface area contributed by atoms with Gasteiger partial charge in [-0.2, -0.15) is 0 Å². The smallest absolute Gasteiger partial charge is 0.0425 e. The quantitative estimate of drug-likeness (QED) is 0.210. The Morgan fingerprint density at radius 1 is 0.333 bits per heavy atom. The average Bonchev–Trinajstić information content (AvgIpc) is 2.73. The molecule has 0 heterocycles. The van der Waals surface area contributed by atoms with Crippen LogP contribution in [0.2, 0.25) is 0 Å². The van der Waals surface area contributed by atoms with Crippen LogP contribution in [0.3, 0.4) is 0 Å². The van der Waals surface area contributed by atoms with Crippen LogP contribution in [0.4, 0.5) is 34.1 Å². The van der Waals surface area contributed by atoms with Crippen molar-refractivity contribution < 1.29 is 0 Å². The molecule has 0 aliphatic rings. The lowest BCUT2D eigenvalue weighted by atomic mass is 10.2. The second-order valence-corrected chi connectivity index (χ2v) is 9.44. The first-order valence-corrected chi connectivity index (χ1v) is 11.6. The minimum atomic E-state index is 0.985. The Balaban J connectivity index is 1.64. The van der Waals surface area contributed by atoms with E-state index in [4.69, 9.17) is 0 Å². The van der Waals surface area contributed by atoms with E-state index >= 15 is 0 Å². The predicted molar refractivity (Wildman–Crippen MR) is 139 cm³/mol. The van der Waals surface area contributed by atoms with Crippen molar-refractivity contribution in [2.24, 2.45) is 0 Å². The van der Waals surface area contributed by atoms with Gasteiger partial charge in [0.2, 0.25) is 0 Å². The Hall–Kier alpha value is -2.28. The molecule has 0 aliphatic carbocycles. The topological polar surface area (TPSA) is 36.1 Å². The van der Waals surface area contributed by atoms with Crippen LogP contribution in [0.25, 0.3) is 0 Å². The number of benzene rings is 4. The zero-order valence-corrected chi connectivity index (χ0v) is 20.6. The lowest BCUT2D eigenvalue weighted by Gasteiger charge is -2.15. The van der Waals surface area contributed by atoms with Crippen molar-refractivity contribution in [3.05, 3.63) is 104 Å². The highest BCUT2D eigenvalue weighted by atomic mass is 79.9. The Labute approximate surface area is 201 Å². The normalized spacial score (nSPS) is 10.5. The van der Waals surface area contributed by atoms with E-state index in [1.807, 2.05) is 72.8 Å². The number of rotatable bonds is 6. The molecule has 0 spiro atoms. The maximum Gasteiger partial charge on any atom is 0.0425 e. The van der Waals surface area contributed by atoms with E-state index in [9.17, 15) is 0 Å². The standard InChI is InChI=1S/C24H18Br3N3/c25-16-1-7-19(8-2-16)28-22-13-23(29-20-9-3-17(26)4-10-20)15-24(14-22)30-21-11-5-18(27)6-12-21/h1-15,28-30H. The summed E-state index contributed by atoms with van der Waals surface area (Å²) in [5.74, 6) is 0. The van der Waals surface area contributed by atoms with Crippen molar-refractivity contribution in [3.8, 4) is 0 Å². The minimum Gasteiger partial charge on any atom is -0.355 e. The predicted octanol–water partition coefficient (Wildman–Crippen LogP) is 9.20. The van der Waals surface area contributed by atoms with Crippen molar-refractivity contribution in [2.45, 2.75) is 0 Å². The molecule has 4 rings (SSSR count). The lowest BCUT2D eigenvalue weighted by Crippen LogP contribution is -1.97. The maximum atomic E-state index is 3.49. The molecule has 6 heteroatoms. The Kier molecular flexibility index (Phi) is 6.77. The van der Waals surface area contributed by atoms with Gasteiger partial charge in [-0.15, -0.1) is 0 Å². The third kappa shape index (κ3) is 5.88. The molecule has 150 valence electrons. The zero-order valence-electron chi connectivity index (χ0n) is 15.8. The van der Waals surface area contributed by atoms with Gasteiger partial charge in [0.25, 0.3) is 0 Å². The van der Waals surface area contributed by atoms with Crippen LogP contribution in [0, 0.1) is 0 Å². The second-order valence-electron chi connectivity index (χ2n) is 6.69. The minimum absolute atomic E-state index is 0.985. The summed E-state index contributed by atoms with van der Waals surface area (Å²) in [5.41, 5.74) is 6.02. The van der Waals surface area contributed by atoms with E-state index in [-0.39, 0.29) is 0 Å². The molecule has 0 saturated heterocycles. The number of anilines is 6. The summed E-state index contributed by atoms with van der Waals surface area (Å²) in [5, 5.41) is 10.5. The third-order valence-corrected chi connectivity index (χ3v) is 5.92.